The Morgan fingerprint density at radius 1 is 1.07 bits per heavy atom. The molecule has 0 bridgehead atoms. The lowest BCUT2D eigenvalue weighted by molar-refractivity contribution is -0.115. The minimum absolute atomic E-state index is 0.00352. The van der Waals surface area contributed by atoms with E-state index in [4.69, 9.17) is 23.2 Å². The second-order valence-electron chi connectivity index (χ2n) is 5.44. The molecular weight excluding hydrogens is 429 g/mol. The van der Waals surface area contributed by atoms with Crippen LogP contribution in [0, 0.1) is 0 Å². The molecule has 0 spiro atoms. The number of nitrogens with zero attached hydrogens (tertiary/aromatic N) is 1. The van der Waals surface area contributed by atoms with Gasteiger partial charge in [-0.15, -0.1) is 11.3 Å². The number of hydrogen-bond acceptors (Lipinski definition) is 5. The minimum Gasteiger partial charge on any atom is -0.302 e. The van der Waals surface area contributed by atoms with Crippen LogP contribution >= 0.6 is 34.5 Å². The monoisotopic (exact) mass is 441 g/mol. The number of halogens is 2. The van der Waals surface area contributed by atoms with Crippen molar-refractivity contribution in [2.24, 2.45) is 0 Å². The molecular formula is C17H13Cl2N3O3S2. The van der Waals surface area contributed by atoms with Gasteiger partial charge in [0.05, 0.1) is 21.4 Å². The van der Waals surface area contributed by atoms with Crippen LogP contribution in [0.4, 0.5) is 10.8 Å². The topological polar surface area (TPSA) is 88.2 Å². The Balaban J connectivity index is 1.66. The highest BCUT2D eigenvalue weighted by atomic mass is 35.5. The first-order chi connectivity index (χ1) is 12.8. The molecule has 10 heteroatoms. The summed E-state index contributed by atoms with van der Waals surface area (Å²) in [5.74, 6) is -0.200. The first kappa shape index (κ1) is 19.6. The fourth-order valence-electron chi connectivity index (χ4n) is 2.18. The Morgan fingerprint density at radius 2 is 1.81 bits per heavy atom. The zero-order valence-electron chi connectivity index (χ0n) is 13.6. The number of aromatic nitrogens is 1. The molecule has 0 saturated carbocycles. The molecule has 3 rings (SSSR count). The Kier molecular flexibility index (Phi) is 6.01. The normalized spacial score (nSPS) is 11.2. The van der Waals surface area contributed by atoms with Crippen molar-refractivity contribution in [3.63, 3.8) is 0 Å². The van der Waals surface area contributed by atoms with E-state index in [-0.39, 0.29) is 27.3 Å². The van der Waals surface area contributed by atoms with Crippen molar-refractivity contribution in [2.45, 2.75) is 11.3 Å². The molecule has 140 valence electrons. The molecule has 0 saturated heterocycles. The largest absolute Gasteiger partial charge is 0.302 e. The van der Waals surface area contributed by atoms with Crippen LogP contribution in [0.2, 0.25) is 10.0 Å². The van der Waals surface area contributed by atoms with Crippen LogP contribution < -0.4 is 10.0 Å². The lowest BCUT2D eigenvalue weighted by Crippen LogP contribution is -2.15. The Labute approximate surface area is 170 Å². The van der Waals surface area contributed by atoms with Crippen LogP contribution in [0.5, 0.6) is 0 Å². The second-order valence-corrected chi connectivity index (χ2v) is 8.83. The Morgan fingerprint density at radius 3 is 2.44 bits per heavy atom. The molecule has 0 aliphatic heterocycles. The average Bonchev–Trinajstić information content (AvgIpc) is 3.11. The number of rotatable bonds is 6. The minimum atomic E-state index is -3.80. The highest BCUT2D eigenvalue weighted by Crippen LogP contribution is 2.26. The van der Waals surface area contributed by atoms with Gasteiger partial charge in [-0.3, -0.25) is 9.52 Å². The molecule has 0 aliphatic carbocycles. The van der Waals surface area contributed by atoms with Crippen molar-refractivity contribution in [1.29, 1.82) is 0 Å². The number of anilines is 2. The summed E-state index contributed by atoms with van der Waals surface area (Å²) in [6.07, 6.45) is 1.76. The molecule has 1 aromatic heterocycles. The Bertz CT molecular complexity index is 1050. The van der Waals surface area contributed by atoms with Gasteiger partial charge in [-0.1, -0.05) is 35.3 Å². The zero-order chi connectivity index (χ0) is 19.4. The van der Waals surface area contributed by atoms with E-state index >= 15 is 0 Å². The van der Waals surface area contributed by atoms with Gasteiger partial charge in [0.2, 0.25) is 5.91 Å². The highest BCUT2D eigenvalue weighted by molar-refractivity contribution is 7.92. The standard InChI is InChI=1S/C17H13Cl2N3O3S2/c18-14-6-5-13(10-15(14)19)27(24,25)22-12-3-1-11(2-4-12)9-16(23)21-17-20-7-8-26-17/h1-8,10,22H,9H2,(H,20,21,23). The highest BCUT2D eigenvalue weighted by Gasteiger charge is 2.16. The third-order valence-electron chi connectivity index (χ3n) is 3.45. The molecule has 3 aromatic rings. The summed E-state index contributed by atoms with van der Waals surface area (Å²) in [5, 5.41) is 5.42. The van der Waals surface area contributed by atoms with Crippen LogP contribution in [-0.4, -0.2) is 19.3 Å². The maximum Gasteiger partial charge on any atom is 0.261 e. The molecule has 2 N–H and O–H groups in total. The maximum atomic E-state index is 12.4. The molecule has 27 heavy (non-hydrogen) atoms. The van der Waals surface area contributed by atoms with Gasteiger partial charge < -0.3 is 5.32 Å². The first-order valence-electron chi connectivity index (χ1n) is 7.60. The summed E-state index contributed by atoms with van der Waals surface area (Å²) in [6, 6.07) is 10.6. The van der Waals surface area contributed by atoms with Gasteiger partial charge in [0.15, 0.2) is 5.13 Å². The van der Waals surface area contributed by atoms with Gasteiger partial charge in [-0.25, -0.2) is 13.4 Å². The zero-order valence-corrected chi connectivity index (χ0v) is 16.8. The number of nitrogens with one attached hydrogen (secondary N) is 2. The fourth-order valence-corrected chi connectivity index (χ4v) is 4.18. The smallest absolute Gasteiger partial charge is 0.261 e. The molecule has 0 fully saturated rings. The SMILES string of the molecule is O=C(Cc1ccc(NS(=O)(=O)c2ccc(Cl)c(Cl)c2)cc1)Nc1nccs1. The first-order valence-corrected chi connectivity index (χ1v) is 10.7. The number of hydrogen-bond donors (Lipinski definition) is 2. The van der Waals surface area contributed by atoms with Crippen molar-refractivity contribution < 1.29 is 13.2 Å². The van der Waals surface area contributed by atoms with Crippen LogP contribution in [0.1, 0.15) is 5.56 Å². The quantitative estimate of drug-likeness (QED) is 0.591. The average molecular weight is 442 g/mol. The summed E-state index contributed by atoms with van der Waals surface area (Å²) in [5.41, 5.74) is 1.10. The van der Waals surface area contributed by atoms with E-state index in [9.17, 15) is 13.2 Å². The predicted octanol–water partition coefficient (Wildman–Crippen LogP) is 4.43. The molecule has 0 aliphatic rings. The number of sulfonamides is 1. The fraction of sp³-hybridized carbons (Fsp3) is 0.0588. The van der Waals surface area contributed by atoms with Gasteiger partial charge in [-0.05, 0) is 35.9 Å². The van der Waals surface area contributed by atoms with Crippen molar-refractivity contribution in [3.8, 4) is 0 Å². The molecule has 6 nitrogen and oxygen atoms in total. The summed E-state index contributed by atoms with van der Waals surface area (Å²) in [4.78, 5) is 15.9. The van der Waals surface area contributed by atoms with E-state index in [1.165, 1.54) is 29.5 Å². The van der Waals surface area contributed by atoms with Crippen molar-refractivity contribution >= 4 is 61.3 Å². The number of amides is 1. The maximum absolute atomic E-state index is 12.4. The third-order valence-corrected chi connectivity index (χ3v) is 6.26. The van der Waals surface area contributed by atoms with Crippen molar-refractivity contribution in [1.82, 2.24) is 4.98 Å². The molecule has 0 atom stereocenters. The van der Waals surface area contributed by atoms with E-state index in [0.29, 0.717) is 10.8 Å². The van der Waals surface area contributed by atoms with Crippen LogP contribution in [0.25, 0.3) is 0 Å². The molecule has 2 aromatic carbocycles. The van der Waals surface area contributed by atoms with Gasteiger partial charge in [0, 0.05) is 17.3 Å². The van der Waals surface area contributed by atoms with E-state index < -0.39 is 10.0 Å². The summed E-state index contributed by atoms with van der Waals surface area (Å²) in [6.45, 7) is 0. The van der Waals surface area contributed by atoms with Crippen LogP contribution in [0.15, 0.2) is 58.9 Å². The van der Waals surface area contributed by atoms with E-state index in [2.05, 4.69) is 15.0 Å². The summed E-state index contributed by atoms with van der Waals surface area (Å²) in [7, 11) is -3.80. The number of carbonyl (C=O) groups excluding carboxylic acids is 1. The predicted molar refractivity (Wildman–Crippen MR) is 108 cm³/mol. The summed E-state index contributed by atoms with van der Waals surface area (Å²) < 4.78 is 27.3. The second kappa shape index (κ2) is 8.26. The van der Waals surface area contributed by atoms with Gasteiger partial charge in [-0.2, -0.15) is 0 Å². The van der Waals surface area contributed by atoms with Crippen molar-refractivity contribution in [2.75, 3.05) is 10.0 Å². The van der Waals surface area contributed by atoms with Gasteiger partial charge >= 0.3 is 0 Å². The van der Waals surface area contributed by atoms with Gasteiger partial charge in [0.25, 0.3) is 10.0 Å². The summed E-state index contributed by atoms with van der Waals surface area (Å²) >= 11 is 13.0. The number of carbonyl (C=O) groups is 1. The van der Waals surface area contributed by atoms with E-state index in [0.717, 1.165) is 5.56 Å². The van der Waals surface area contributed by atoms with E-state index in [1.54, 1.807) is 35.8 Å². The third kappa shape index (κ3) is 5.20. The lowest BCUT2D eigenvalue weighted by Gasteiger charge is -2.09. The lowest BCUT2D eigenvalue weighted by atomic mass is 10.1. The number of benzene rings is 2. The molecule has 1 heterocycles. The van der Waals surface area contributed by atoms with Crippen LogP contribution in [-0.2, 0) is 21.2 Å². The van der Waals surface area contributed by atoms with Crippen molar-refractivity contribution in [3.05, 3.63) is 69.7 Å². The molecule has 1 amide bonds. The number of thiazole rings is 1. The Hall–Kier alpha value is -2.13. The molecule has 0 radical (unpaired) electrons. The van der Waals surface area contributed by atoms with E-state index in [1.807, 2.05) is 0 Å². The van der Waals surface area contributed by atoms with Crippen LogP contribution in [0.3, 0.4) is 0 Å². The van der Waals surface area contributed by atoms with Gasteiger partial charge in [0.1, 0.15) is 0 Å². The molecule has 0 unspecified atom stereocenters.